The standard InChI is InChI=1S/C28H42O3Si/c1-8-30-26(29)18-20-10-14-25-24-12-9-19-17-21(31-32(6,7)27(2,3)4)11-13-22(19)23(24)15-16-28(20,25)5/h11,13,17-18,23-25H,8-10,12,14-16H2,1-7H3/b20-18-/t23-,24-,25+,28-/m1/s1. The van der Waals surface area contributed by atoms with Crippen LogP contribution in [0.4, 0.5) is 0 Å². The van der Waals surface area contributed by atoms with Crippen molar-refractivity contribution in [2.24, 2.45) is 17.3 Å². The van der Waals surface area contributed by atoms with E-state index < -0.39 is 8.32 Å². The summed E-state index contributed by atoms with van der Waals surface area (Å²) in [5, 5.41) is 0.207. The molecule has 3 nitrogen and oxygen atoms in total. The van der Waals surface area contributed by atoms with E-state index in [-0.39, 0.29) is 16.4 Å². The molecule has 0 spiro atoms. The van der Waals surface area contributed by atoms with Crippen molar-refractivity contribution in [1.29, 1.82) is 0 Å². The van der Waals surface area contributed by atoms with E-state index in [0.29, 0.717) is 18.4 Å². The second kappa shape index (κ2) is 8.34. The number of benzene rings is 1. The van der Waals surface area contributed by atoms with E-state index in [4.69, 9.17) is 9.16 Å². The van der Waals surface area contributed by atoms with E-state index in [1.54, 1.807) is 5.56 Å². The van der Waals surface area contributed by atoms with Gasteiger partial charge in [0.25, 0.3) is 0 Å². The molecule has 1 aromatic rings. The van der Waals surface area contributed by atoms with Gasteiger partial charge in [-0.3, -0.25) is 0 Å². The Kier molecular flexibility index (Phi) is 6.15. The molecular formula is C28H42O3Si. The van der Waals surface area contributed by atoms with Crippen molar-refractivity contribution >= 4 is 14.3 Å². The van der Waals surface area contributed by atoms with Gasteiger partial charge >= 0.3 is 5.97 Å². The predicted octanol–water partition coefficient (Wildman–Crippen LogP) is 7.42. The zero-order chi connectivity index (χ0) is 23.3. The molecule has 2 fully saturated rings. The molecule has 4 atom stereocenters. The van der Waals surface area contributed by atoms with Crippen molar-refractivity contribution in [2.45, 2.75) is 97.2 Å². The maximum absolute atomic E-state index is 12.1. The molecule has 2 saturated carbocycles. The SMILES string of the molecule is CCOC(=O)/C=C1/CC[C@H]2[C@@H]3CCc4cc(O[Si](C)(C)C(C)(C)C)ccc4[C@H]3CC[C@]12C. The Morgan fingerprint density at radius 3 is 2.62 bits per heavy atom. The minimum atomic E-state index is -1.82. The Hall–Kier alpha value is -1.55. The van der Waals surface area contributed by atoms with Crippen LogP contribution in [0.25, 0.3) is 0 Å². The Bertz CT molecular complexity index is 910. The average molecular weight is 455 g/mol. The van der Waals surface area contributed by atoms with Crippen LogP contribution in [0.2, 0.25) is 18.1 Å². The first-order chi connectivity index (χ1) is 15.0. The van der Waals surface area contributed by atoms with Crippen molar-refractivity contribution in [3.8, 4) is 5.75 Å². The summed E-state index contributed by atoms with van der Waals surface area (Å²) in [6.45, 7) is 16.3. The molecule has 3 aliphatic carbocycles. The van der Waals surface area contributed by atoms with Crippen LogP contribution in [-0.2, 0) is 16.0 Å². The smallest absolute Gasteiger partial charge is 0.330 e. The number of carbonyl (C=O) groups is 1. The van der Waals surface area contributed by atoms with Crippen molar-refractivity contribution in [2.75, 3.05) is 6.61 Å². The largest absolute Gasteiger partial charge is 0.543 e. The third-order valence-corrected chi connectivity index (χ3v) is 13.7. The molecule has 176 valence electrons. The summed E-state index contributed by atoms with van der Waals surface area (Å²) < 4.78 is 11.8. The number of esters is 1. The molecule has 0 radical (unpaired) electrons. The van der Waals surface area contributed by atoms with Crippen LogP contribution in [-0.4, -0.2) is 20.9 Å². The average Bonchev–Trinajstić information content (AvgIpc) is 3.03. The number of rotatable bonds is 4. The van der Waals surface area contributed by atoms with Crippen LogP contribution in [0.3, 0.4) is 0 Å². The minimum Gasteiger partial charge on any atom is -0.543 e. The zero-order valence-corrected chi connectivity index (χ0v) is 22.2. The lowest BCUT2D eigenvalue weighted by Gasteiger charge is -2.49. The van der Waals surface area contributed by atoms with E-state index in [0.717, 1.165) is 24.5 Å². The minimum absolute atomic E-state index is 0.158. The normalized spacial score (nSPS) is 31.0. The van der Waals surface area contributed by atoms with E-state index in [1.807, 2.05) is 13.0 Å². The summed E-state index contributed by atoms with van der Waals surface area (Å²) >= 11 is 0. The number of fused-ring (bicyclic) bond motifs is 5. The molecule has 0 amide bonds. The first-order valence-electron chi connectivity index (χ1n) is 12.7. The molecule has 0 N–H and O–H groups in total. The Morgan fingerprint density at radius 2 is 1.94 bits per heavy atom. The van der Waals surface area contributed by atoms with Gasteiger partial charge in [-0.25, -0.2) is 4.79 Å². The Balaban J connectivity index is 1.55. The first-order valence-corrected chi connectivity index (χ1v) is 15.6. The molecule has 0 aromatic heterocycles. The zero-order valence-electron chi connectivity index (χ0n) is 21.2. The van der Waals surface area contributed by atoms with Gasteiger partial charge in [-0.2, -0.15) is 0 Å². The van der Waals surface area contributed by atoms with Gasteiger partial charge in [-0.1, -0.05) is 39.3 Å². The summed E-state index contributed by atoms with van der Waals surface area (Å²) in [6.07, 6.45) is 8.88. The number of allylic oxidation sites excluding steroid dienone is 1. The third kappa shape index (κ3) is 4.08. The Labute approximate surface area is 196 Å². The highest BCUT2D eigenvalue weighted by Crippen LogP contribution is 2.62. The third-order valence-electron chi connectivity index (χ3n) is 9.30. The topological polar surface area (TPSA) is 35.5 Å². The fraction of sp³-hybridized carbons (Fsp3) is 0.679. The number of hydrogen-bond acceptors (Lipinski definition) is 3. The molecular weight excluding hydrogens is 412 g/mol. The monoisotopic (exact) mass is 454 g/mol. The van der Waals surface area contributed by atoms with Gasteiger partial charge in [0, 0.05) is 6.08 Å². The number of hydrogen-bond donors (Lipinski definition) is 0. The molecule has 0 aliphatic heterocycles. The van der Waals surface area contributed by atoms with Crippen LogP contribution in [0.1, 0.15) is 83.8 Å². The molecule has 0 bridgehead atoms. The summed E-state index contributed by atoms with van der Waals surface area (Å²) in [6, 6.07) is 6.96. The molecule has 0 heterocycles. The van der Waals surface area contributed by atoms with E-state index >= 15 is 0 Å². The van der Waals surface area contributed by atoms with Crippen molar-refractivity contribution in [1.82, 2.24) is 0 Å². The van der Waals surface area contributed by atoms with Crippen molar-refractivity contribution in [3.63, 3.8) is 0 Å². The van der Waals surface area contributed by atoms with E-state index in [9.17, 15) is 4.79 Å². The molecule has 32 heavy (non-hydrogen) atoms. The maximum Gasteiger partial charge on any atom is 0.330 e. The highest BCUT2D eigenvalue weighted by Gasteiger charge is 2.52. The molecule has 4 heteroatoms. The lowest BCUT2D eigenvalue weighted by molar-refractivity contribution is -0.137. The van der Waals surface area contributed by atoms with Gasteiger partial charge in [-0.05, 0) is 110 Å². The molecule has 4 rings (SSSR count). The fourth-order valence-corrected chi connectivity index (χ4v) is 7.50. The van der Waals surface area contributed by atoms with Crippen LogP contribution in [0, 0.1) is 17.3 Å². The maximum atomic E-state index is 12.1. The Morgan fingerprint density at radius 1 is 1.19 bits per heavy atom. The lowest BCUT2D eigenvalue weighted by Crippen LogP contribution is -2.44. The summed E-state index contributed by atoms with van der Waals surface area (Å²) in [5.74, 6) is 2.96. The molecule has 1 aromatic carbocycles. The van der Waals surface area contributed by atoms with Gasteiger partial charge < -0.3 is 9.16 Å². The van der Waals surface area contributed by atoms with Crippen LogP contribution in [0.15, 0.2) is 29.8 Å². The number of aryl methyl sites for hydroxylation is 1. The number of ether oxygens (including phenoxy) is 1. The summed E-state index contributed by atoms with van der Waals surface area (Å²) in [7, 11) is -1.82. The van der Waals surface area contributed by atoms with Gasteiger partial charge in [0.2, 0.25) is 8.32 Å². The predicted molar refractivity (Wildman–Crippen MR) is 134 cm³/mol. The van der Waals surface area contributed by atoms with E-state index in [2.05, 4.69) is 59.0 Å². The van der Waals surface area contributed by atoms with Crippen molar-refractivity contribution < 1.29 is 14.0 Å². The lowest BCUT2D eigenvalue weighted by atomic mass is 9.55. The summed E-state index contributed by atoms with van der Waals surface area (Å²) in [4.78, 5) is 12.1. The second-order valence-electron chi connectivity index (χ2n) is 12.1. The van der Waals surface area contributed by atoms with Gasteiger partial charge in [-0.15, -0.1) is 0 Å². The van der Waals surface area contributed by atoms with Crippen LogP contribution < -0.4 is 4.43 Å². The second-order valence-corrected chi connectivity index (χ2v) is 16.8. The van der Waals surface area contributed by atoms with Crippen LogP contribution in [0.5, 0.6) is 5.75 Å². The quantitative estimate of drug-likeness (QED) is 0.270. The van der Waals surface area contributed by atoms with E-state index in [1.165, 1.54) is 36.8 Å². The van der Waals surface area contributed by atoms with Gasteiger partial charge in [0.1, 0.15) is 5.75 Å². The summed E-state index contributed by atoms with van der Waals surface area (Å²) in [5.41, 5.74) is 4.57. The molecule has 0 unspecified atom stereocenters. The van der Waals surface area contributed by atoms with Crippen LogP contribution >= 0.6 is 0 Å². The van der Waals surface area contributed by atoms with Gasteiger partial charge in [0.05, 0.1) is 6.61 Å². The highest BCUT2D eigenvalue weighted by molar-refractivity contribution is 6.74. The highest BCUT2D eigenvalue weighted by atomic mass is 28.4. The number of carbonyl (C=O) groups excluding carboxylic acids is 1. The fourth-order valence-electron chi connectivity index (χ4n) is 6.48. The van der Waals surface area contributed by atoms with Gasteiger partial charge in [0.15, 0.2) is 0 Å². The molecule has 0 saturated heterocycles. The van der Waals surface area contributed by atoms with Crippen molar-refractivity contribution in [3.05, 3.63) is 41.0 Å². The molecule has 3 aliphatic rings. The first kappa shape index (κ1) is 23.6.